The van der Waals surface area contributed by atoms with E-state index in [1.807, 2.05) is 42.5 Å². The first-order valence-corrected chi connectivity index (χ1v) is 7.68. The van der Waals surface area contributed by atoms with E-state index in [0.717, 1.165) is 23.3 Å². The zero-order chi connectivity index (χ0) is 15.8. The monoisotopic (exact) mass is 324 g/mol. The van der Waals surface area contributed by atoms with Gasteiger partial charge in [-0.1, -0.05) is 42.0 Å². The van der Waals surface area contributed by atoms with Crippen LogP contribution in [-0.4, -0.2) is 19.6 Å². The summed E-state index contributed by atoms with van der Waals surface area (Å²) in [6.07, 6.45) is 8.60. The molecule has 1 aliphatic rings. The molecule has 2 heterocycles. The molecule has 0 atom stereocenters. The Labute approximate surface area is 137 Å². The van der Waals surface area contributed by atoms with Crippen molar-refractivity contribution in [2.75, 3.05) is 0 Å². The molecule has 0 bridgehead atoms. The Bertz CT molecular complexity index is 1010. The number of rotatable bonds is 4. The van der Waals surface area contributed by atoms with Gasteiger partial charge >= 0.3 is 0 Å². The van der Waals surface area contributed by atoms with Gasteiger partial charge in [0.25, 0.3) is 5.56 Å². The Hall–Kier alpha value is -2.66. The van der Waals surface area contributed by atoms with Gasteiger partial charge in [-0.3, -0.25) is 4.79 Å². The van der Waals surface area contributed by atoms with E-state index in [1.54, 1.807) is 0 Å². The number of aromatic amines is 1. The predicted octanol–water partition coefficient (Wildman–Crippen LogP) is 2.81. The lowest BCUT2D eigenvalue weighted by molar-refractivity contribution is 0.837. The van der Waals surface area contributed by atoms with Crippen molar-refractivity contribution >= 4 is 23.0 Å². The maximum absolute atomic E-state index is 12.7. The fourth-order valence-electron chi connectivity index (χ4n) is 2.70. The molecule has 0 unspecified atom stereocenters. The van der Waals surface area contributed by atoms with E-state index in [-0.39, 0.29) is 5.56 Å². The number of fused-ring (bicyclic) bond motifs is 1. The highest BCUT2D eigenvalue weighted by Gasteiger charge is 2.16. The second-order valence-electron chi connectivity index (χ2n) is 5.39. The lowest BCUT2D eigenvalue weighted by Crippen LogP contribution is -2.23. The van der Waals surface area contributed by atoms with E-state index in [1.165, 1.54) is 10.8 Å². The summed E-state index contributed by atoms with van der Waals surface area (Å²) in [6, 6.07) is 7.69. The summed E-state index contributed by atoms with van der Waals surface area (Å²) in [6.45, 7) is 0. The largest absolute Gasteiger partial charge is 0.323 e. The molecule has 2 aromatic heterocycles. The zero-order valence-corrected chi connectivity index (χ0v) is 12.9. The highest BCUT2D eigenvalue weighted by atomic mass is 35.5. The summed E-state index contributed by atoms with van der Waals surface area (Å²) in [7, 11) is 0. The summed E-state index contributed by atoms with van der Waals surface area (Å²) in [5, 5.41) is 4.70. The second kappa shape index (κ2) is 5.52. The third-order valence-corrected chi connectivity index (χ3v) is 4.16. The van der Waals surface area contributed by atoms with Crippen molar-refractivity contribution in [1.82, 2.24) is 19.6 Å². The van der Waals surface area contributed by atoms with Crippen LogP contribution in [0.15, 0.2) is 53.6 Å². The highest BCUT2D eigenvalue weighted by molar-refractivity contribution is 6.30. The van der Waals surface area contributed by atoms with Crippen LogP contribution in [0, 0.1) is 0 Å². The standard InChI is InChI=1S/C17H13ClN4O/c18-13-6-1-3-11(9-13)7-8-14-15(12-4-2-5-12)21-17-19-10-20-22(17)16(14)23/h1-6,9-10H,7-8H2,(H,19,20,21). The Kier molecular flexibility index (Phi) is 3.35. The van der Waals surface area contributed by atoms with Gasteiger partial charge in [0.05, 0.1) is 5.69 Å². The topological polar surface area (TPSA) is 63.0 Å². The smallest absolute Gasteiger partial charge is 0.279 e. The highest BCUT2D eigenvalue weighted by Crippen LogP contribution is 2.23. The van der Waals surface area contributed by atoms with Gasteiger partial charge in [0.15, 0.2) is 0 Å². The minimum absolute atomic E-state index is 0.130. The number of allylic oxidation sites excluding steroid dienone is 4. The van der Waals surface area contributed by atoms with Crippen LogP contribution < -0.4 is 5.56 Å². The molecule has 114 valence electrons. The van der Waals surface area contributed by atoms with E-state index < -0.39 is 0 Å². The lowest BCUT2D eigenvalue weighted by atomic mass is 9.97. The maximum atomic E-state index is 12.7. The van der Waals surface area contributed by atoms with Crippen molar-refractivity contribution in [2.45, 2.75) is 12.8 Å². The molecule has 0 aliphatic heterocycles. The summed E-state index contributed by atoms with van der Waals surface area (Å²) in [5.41, 5.74) is 3.50. The first kappa shape index (κ1) is 14.0. The molecule has 3 aromatic rings. The molecule has 5 nitrogen and oxygen atoms in total. The van der Waals surface area contributed by atoms with E-state index in [2.05, 4.69) is 15.1 Å². The van der Waals surface area contributed by atoms with Crippen molar-refractivity contribution in [2.24, 2.45) is 0 Å². The average Bonchev–Trinajstić information content (AvgIpc) is 2.94. The number of nitrogens with one attached hydrogen (secondary N) is 1. The number of benzene rings is 1. The van der Waals surface area contributed by atoms with E-state index in [9.17, 15) is 4.79 Å². The number of hydrogen-bond donors (Lipinski definition) is 1. The average molecular weight is 325 g/mol. The molecule has 1 N–H and O–H groups in total. The molecule has 0 amide bonds. The van der Waals surface area contributed by atoms with Crippen molar-refractivity contribution in [3.63, 3.8) is 0 Å². The number of halogens is 1. The Balaban J connectivity index is 1.75. The Morgan fingerprint density at radius 3 is 2.87 bits per heavy atom. The molecule has 6 heteroatoms. The first-order chi connectivity index (χ1) is 11.2. The lowest BCUT2D eigenvalue weighted by Gasteiger charge is -2.13. The minimum Gasteiger partial charge on any atom is -0.323 e. The van der Waals surface area contributed by atoms with Crippen molar-refractivity contribution in [3.05, 3.63) is 81.0 Å². The Morgan fingerprint density at radius 2 is 2.13 bits per heavy atom. The number of H-pyrrole nitrogens is 1. The van der Waals surface area contributed by atoms with Crippen LogP contribution in [0.4, 0.5) is 0 Å². The van der Waals surface area contributed by atoms with Gasteiger partial charge < -0.3 is 4.98 Å². The third-order valence-electron chi connectivity index (χ3n) is 3.93. The fourth-order valence-corrected chi connectivity index (χ4v) is 2.91. The maximum Gasteiger partial charge on any atom is 0.279 e. The number of aryl methyl sites for hydroxylation is 1. The van der Waals surface area contributed by atoms with Gasteiger partial charge in [0.2, 0.25) is 5.78 Å². The summed E-state index contributed by atoms with van der Waals surface area (Å²) in [5.74, 6) is 0.456. The number of nitrogens with zero attached hydrogens (tertiary/aromatic N) is 3. The molecule has 1 aliphatic carbocycles. The van der Waals surface area contributed by atoms with Crippen LogP contribution in [0.5, 0.6) is 0 Å². The predicted molar refractivity (Wildman–Crippen MR) is 89.6 cm³/mol. The summed E-state index contributed by atoms with van der Waals surface area (Å²) in [4.78, 5) is 20.0. The molecular weight excluding hydrogens is 312 g/mol. The van der Waals surface area contributed by atoms with Gasteiger partial charge in [-0.15, -0.1) is 0 Å². The van der Waals surface area contributed by atoms with Gasteiger partial charge in [0, 0.05) is 10.6 Å². The molecule has 0 radical (unpaired) electrons. The van der Waals surface area contributed by atoms with Gasteiger partial charge in [-0.25, -0.2) is 0 Å². The van der Waals surface area contributed by atoms with Crippen LogP contribution in [0.2, 0.25) is 5.02 Å². The number of hydrogen-bond acceptors (Lipinski definition) is 3. The fraction of sp³-hybridized carbons (Fsp3) is 0.118. The van der Waals surface area contributed by atoms with Crippen molar-refractivity contribution in [1.29, 1.82) is 0 Å². The summed E-state index contributed by atoms with van der Waals surface area (Å²) >= 11 is 6.03. The summed E-state index contributed by atoms with van der Waals surface area (Å²) < 4.78 is 1.31. The van der Waals surface area contributed by atoms with Crippen LogP contribution in [0.3, 0.4) is 0 Å². The van der Waals surface area contributed by atoms with Crippen LogP contribution in [0.25, 0.3) is 11.4 Å². The molecular formula is C17H13ClN4O. The third kappa shape index (κ3) is 2.49. The molecule has 0 fully saturated rings. The molecule has 0 saturated heterocycles. The molecule has 23 heavy (non-hydrogen) atoms. The van der Waals surface area contributed by atoms with Crippen LogP contribution in [-0.2, 0) is 12.8 Å². The van der Waals surface area contributed by atoms with Crippen molar-refractivity contribution in [3.8, 4) is 0 Å². The quantitative estimate of drug-likeness (QED) is 0.802. The first-order valence-electron chi connectivity index (χ1n) is 7.30. The minimum atomic E-state index is -0.130. The van der Waals surface area contributed by atoms with E-state index in [4.69, 9.17) is 11.6 Å². The Morgan fingerprint density at radius 1 is 1.26 bits per heavy atom. The molecule has 4 rings (SSSR count). The van der Waals surface area contributed by atoms with Crippen LogP contribution in [0.1, 0.15) is 16.8 Å². The van der Waals surface area contributed by atoms with Gasteiger partial charge in [-0.2, -0.15) is 14.6 Å². The second-order valence-corrected chi connectivity index (χ2v) is 5.83. The molecule has 0 spiro atoms. The van der Waals surface area contributed by atoms with E-state index in [0.29, 0.717) is 22.8 Å². The normalized spacial score (nSPS) is 13.2. The van der Waals surface area contributed by atoms with Gasteiger partial charge in [0.1, 0.15) is 6.33 Å². The number of aromatic nitrogens is 4. The van der Waals surface area contributed by atoms with Crippen molar-refractivity contribution < 1.29 is 0 Å². The van der Waals surface area contributed by atoms with Gasteiger partial charge in [-0.05, 0) is 36.1 Å². The SMILES string of the molecule is O=c1c(CCc2cccc(Cl)c2)c(C2=CC=C2)[nH]c2ncnn12. The van der Waals surface area contributed by atoms with Crippen LogP contribution >= 0.6 is 11.6 Å². The molecule has 1 aromatic carbocycles. The molecule has 0 saturated carbocycles. The van der Waals surface area contributed by atoms with E-state index >= 15 is 0 Å². The zero-order valence-electron chi connectivity index (χ0n) is 12.2.